The molecule has 0 unspecified atom stereocenters. The number of hydrogen-bond acceptors (Lipinski definition) is 5. The van der Waals surface area contributed by atoms with Crippen molar-refractivity contribution in [3.05, 3.63) is 42.2 Å². The van der Waals surface area contributed by atoms with E-state index in [1.165, 1.54) is 12.1 Å². The van der Waals surface area contributed by atoms with Crippen LogP contribution in [0.25, 0.3) is 0 Å². The highest BCUT2D eigenvalue weighted by atomic mass is 16.5. The van der Waals surface area contributed by atoms with Crippen LogP contribution in [-0.2, 0) is 6.54 Å². The van der Waals surface area contributed by atoms with Crippen LogP contribution in [0.5, 0.6) is 5.75 Å². The lowest BCUT2D eigenvalue weighted by atomic mass is 10.1. The van der Waals surface area contributed by atoms with Gasteiger partial charge >= 0.3 is 0 Å². The zero-order chi connectivity index (χ0) is 15.4. The fourth-order valence-electron chi connectivity index (χ4n) is 2.38. The van der Waals surface area contributed by atoms with Crippen LogP contribution in [0.2, 0.25) is 0 Å². The molecule has 1 radical (unpaired) electrons. The van der Waals surface area contributed by atoms with Gasteiger partial charge < -0.3 is 15.0 Å². The fourth-order valence-corrected chi connectivity index (χ4v) is 2.38. The van der Waals surface area contributed by atoms with Crippen LogP contribution in [0, 0.1) is 6.07 Å². The molecule has 5 heteroatoms. The molecular weight excluding hydrogens is 276 g/mol. The standard InChI is InChI=1S/C17H21N4O/c1-13(2)22-16-10-14(9-15(11-16)21-7-4-8-21)12-20-17-18-5-3-6-19-17/h5-6,9-11,13H,4,7-8,12H2,1-2H3,(H,18,19,20). The summed E-state index contributed by atoms with van der Waals surface area (Å²) in [6.07, 6.45) is 4.65. The molecule has 2 aromatic rings. The minimum Gasteiger partial charge on any atom is -0.491 e. The molecule has 0 amide bonds. The number of benzene rings is 1. The number of anilines is 2. The van der Waals surface area contributed by atoms with Gasteiger partial charge in [-0.15, -0.1) is 0 Å². The Bertz CT molecular complexity index is 611. The predicted octanol–water partition coefficient (Wildman–Crippen LogP) is 2.89. The van der Waals surface area contributed by atoms with Crippen molar-refractivity contribution >= 4 is 11.6 Å². The molecule has 1 fully saturated rings. The van der Waals surface area contributed by atoms with Gasteiger partial charge in [0.2, 0.25) is 5.95 Å². The molecule has 1 saturated heterocycles. The topological polar surface area (TPSA) is 50.3 Å². The summed E-state index contributed by atoms with van der Waals surface area (Å²) < 4.78 is 5.88. The summed E-state index contributed by atoms with van der Waals surface area (Å²) in [6.45, 7) is 7.00. The monoisotopic (exact) mass is 297 g/mol. The second kappa shape index (κ2) is 6.64. The van der Waals surface area contributed by atoms with Crippen molar-refractivity contribution in [2.24, 2.45) is 0 Å². The van der Waals surface area contributed by atoms with Gasteiger partial charge in [0.15, 0.2) is 0 Å². The maximum absolute atomic E-state index is 5.88. The molecule has 5 nitrogen and oxygen atoms in total. The Labute approximate surface area is 131 Å². The first-order chi connectivity index (χ1) is 10.7. The molecule has 1 aliphatic rings. The predicted molar refractivity (Wildman–Crippen MR) is 87.2 cm³/mol. The van der Waals surface area contributed by atoms with Gasteiger partial charge in [0.1, 0.15) is 5.75 Å². The normalized spacial score (nSPS) is 13.9. The number of nitrogens with zero attached hydrogens (tertiary/aromatic N) is 3. The van der Waals surface area contributed by atoms with Crippen molar-refractivity contribution in [3.63, 3.8) is 0 Å². The van der Waals surface area contributed by atoms with Crippen LogP contribution >= 0.6 is 0 Å². The molecule has 1 aromatic heterocycles. The first-order valence-corrected chi connectivity index (χ1v) is 7.68. The van der Waals surface area contributed by atoms with Crippen LogP contribution in [0.4, 0.5) is 11.6 Å². The van der Waals surface area contributed by atoms with E-state index in [0.717, 1.165) is 24.4 Å². The number of rotatable bonds is 6. The van der Waals surface area contributed by atoms with Gasteiger partial charge in [0.05, 0.1) is 6.10 Å². The Balaban J connectivity index is 1.76. The van der Waals surface area contributed by atoms with Gasteiger partial charge in [-0.25, -0.2) is 9.97 Å². The Morgan fingerprint density at radius 2 is 2.00 bits per heavy atom. The Hall–Kier alpha value is -2.30. The summed E-state index contributed by atoms with van der Waals surface area (Å²) in [6, 6.07) is 9.21. The van der Waals surface area contributed by atoms with Crippen LogP contribution in [0.15, 0.2) is 30.6 Å². The average Bonchev–Trinajstić information content (AvgIpc) is 2.43. The van der Waals surface area contributed by atoms with Crippen molar-refractivity contribution in [2.45, 2.75) is 32.9 Å². The van der Waals surface area contributed by atoms with E-state index in [4.69, 9.17) is 4.74 Å². The summed E-state index contributed by atoms with van der Waals surface area (Å²) in [5, 5.41) is 3.23. The smallest absolute Gasteiger partial charge is 0.222 e. The quantitative estimate of drug-likeness (QED) is 0.888. The van der Waals surface area contributed by atoms with Gasteiger partial charge in [0.25, 0.3) is 0 Å². The Kier molecular flexibility index (Phi) is 4.42. The van der Waals surface area contributed by atoms with Crippen molar-refractivity contribution in [3.8, 4) is 5.75 Å². The van der Waals surface area contributed by atoms with E-state index < -0.39 is 0 Å². The largest absolute Gasteiger partial charge is 0.491 e. The lowest BCUT2D eigenvalue weighted by molar-refractivity contribution is 0.242. The highest BCUT2D eigenvalue weighted by Crippen LogP contribution is 2.28. The Morgan fingerprint density at radius 1 is 1.23 bits per heavy atom. The molecule has 115 valence electrons. The van der Waals surface area contributed by atoms with E-state index >= 15 is 0 Å². The van der Waals surface area contributed by atoms with Gasteiger partial charge in [-0.1, -0.05) is 0 Å². The molecule has 0 atom stereocenters. The molecule has 2 heterocycles. The van der Waals surface area contributed by atoms with Crippen LogP contribution in [0.3, 0.4) is 0 Å². The molecule has 0 aliphatic carbocycles. The number of aromatic nitrogens is 2. The summed E-state index contributed by atoms with van der Waals surface area (Å²) >= 11 is 0. The highest BCUT2D eigenvalue weighted by Gasteiger charge is 2.16. The zero-order valence-corrected chi connectivity index (χ0v) is 13.0. The number of hydrogen-bond donors (Lipinski definition) is 1. The molecular formula is C17H21N4O. The lowest BCUT2D eigenvalue weighted by Gasteiger charge is -2.33. The second-order valence-corrected chi connectivity index (χ2v) is 5.70. The van der Waals surface area contributed by atoms with Gasteiger partial charge in [-0.2, -0.15) is 0 Å². The molecule has 3 rings (SSSR count). The molecule has 0 spiro atoms. The summed E-state index contributed by atoms with van der Waals surface area (Å²) in [5.74, 6) is 1.53. The lowest BCUT2D eigenvalue weighted by Crippen LogP contribution is -2.37. The molecule has 1 N–H and O–H groups in total. The van der Waals surface area contributed by atoms with Gasteiger partial charge in [-0.05, 0) is 38.0 Å². The van der Waals surface area contributed by atoms with Crippen molar-refractivity contribution in [1.29, 1.82) is 0 Å². The van der Waals surface area contributed by atoms with E-state index in [-0.39, 0.29) is 6.10 Å². The number of nitrogens with one attached hydrogen (secondary N) is 1. The van der Waals surface area contributed by atoms with Crippen molar-refractivity contribution in [1.82, 2.24) is 9.97 Å². The third kappa shape index (κ3) is 3.67. The van der Waals surface area contributed by atoms with E-state index in [0.29, 0.717) is 12.5 Å². The average molecular weight is 297 g/mol. The van der Waals surface area contributed by atoms with E-state index in [1.54, 1.807) is 12.4 Å². The van der Waals surface area contributed by atoms with Gasteiger partial charge in [0, 0.05) is 49.8 Å². The van der Waals surface area contributed by atoms with Gasteiger partial charge in [-0.3, -0.25) is 0 Å². The maximum Gasteiger partial charge on any atom is 0.222 e. The minimum atomic E-state index is 0.167. The Morgan fingerprint density at radius 3 is 2.64 bits per heavy atom. The fraction of sp³-hybridized carbons (Fsp3) is 0.412. The SMILES string of the molecule is CC(C)Oc1cc(CNc2nc[c]cn2)cc(N2CCC2)c1. The molecule has 1 aromatic carbocycles. The van der Waals surface area contributed by atoms with Crippen molar-refractivity contribution in [2.75, 3.05) is 23.3 Å². The van der Waals surface area contributed by atoms with Crippen LogP contribution in [-0.4, -0.2) is 29.2 Å². The highest BCUT2D eigenvalue weighted by molar-refractivity contribution is 5.55. The molecule has 0 bridgehead atoms. The van der Waals surface area contributed by atoms with E-state index in [9.17, 15) is 0 Å². The third-order valence-corrected chi connectivity index (χ3v) is 3.52. The van der Waals surface area contributed by atoms with Crippen LogP contribution in [0.1, 0.15) is 25.8 Å². The third-order valence-electron chi connectivity index (χ3n) is 3.52. The summed E-state index contributed by atoms with van der Waals surface area (Å²) in [4.78, 5) is 10.6. The minimum absolute atomic E-state index is 0.167. The number of ether oxygens (including phenoxy) is 1. The summed E-state index contributed by atoms with van der Waals surface area (Å²) in [5.41, 5.74) is 2.39. The second-order valence-electron chi connectivity index (χ2n) is 5.70. The maximum atomic E-state index is 5.88. The van der Waals surface area contributed by atoms with Crippen LogP contribution < -0.4 is 15.0 Å². The zero-order valence-electron chi connectivity index (χ0n) is 13.0. The summed E-state index contributed by atoms with van der Waals surface area (Å²) in [7, 11) is 0. The van der Waals surface area contributed by atoms with Crippen molar-refractivity contribution < 1.29 is 4.74 Å². The van der Waals surface area contributed by atoms with E-state index in [1.807, 2.05) is 13.8 Å². The first kappa shape index (κ1) is 14.6. The molecule has 1 aliphatic heterocycles. The molecule has 22 heavy (non-hydrogen) atoms. The molecule has 0 saturated carbocycles. The van der Waals surface area contributed by atoms with E-state index in [2.05, 4.69) is 44.5 Å². The first-order valence-electron chi connectivity index (χ1n) is 7.68.